The van der Waals surface area contributed by atoms with E-state index in [-0.39, 0.29) is 24.4 Å². The summed E-state index contributed by atoms with van der Waals surface area (Å²) in [7, 11) is -5.50. The Bertz CT molecular complexity index is 2020. The molecule has 320 valence electrons. The van der Waals surface area contributed by atoms with E-state index in [9.17, 15) is 4.79 Å². The molecule has 0 aromatic heterocycles. The molecule has 1 saturated heterocycles. The van der Waals surface area contributed by atoms with E-state index >= 15 is 4.79 Å². The van der Waals surface area contributed by atoms with Crippen molar-refractivity contribution in [2.75, 3.05) is 6.61 Å². The van der Waals surface area contributed by atoms with Crippen LogP contribution in [0.3, 0.4) is 0 Å². The summed E-state index contributed by atoms with van der Waals surface area (Å²) < 4.78 is 27.6. The van der Waals surface area contributed by atoms with E-state index in [4.69, 9.17) is 18.3 Å². The van der Waals surface area contributed by atoms with Crippen LogP contribution in [-0.4, -0.2) is 64.5 Å². The van der Waals surface area contributed by atoms with Crippen LogP contribution < -0.4 is 10.4 Å². The highest BCUT2D eigenvalue weighted by atomic mass is 28.4. The van der Waals surface area contributed by atoms with Gasteiger partial charge in [-0.25, -0.2) is 9.69 Å². The first-order valence-corrected chi connectivity index (χ1v) is 26.2. The SMILES string of the molecule is CC=C(C)[C@@H](CC=C(C)[C@@H](O[Si](c1ccccc1)(c1ccccc1)C(C)(C)C)[C@H](OCc1ccccc1)C(=O)N1C(=O)OCC1Cc1ccccc1)O[Si](C)(C)C(C)(C)C. The minimum absolute atomic E-state index is 0.0103. The topological polar surface area (TPSA) is 74.3 Å². The summed E-state index contributed by atoms with van der Waals surface area (Å²) >= 11 is 0. The second-order valence-corrected chi connectivity index (χ2v) is 27.6. The van der Waals surface area contributed by atoms with Gasteiger partial charge in [-0.1, -0.05) is 175 Å². The zero-order valence-electron chi connectivity index (χ0n) is 37.7. The van der Waals surface area contributed by atoms with Crippen LogP contribution >= 0.6 is 0 Å². The Balaban J connectivity index is 1.72. The monoisotopic (exact) mass is 845 g/mol. The molecule has 1 fully saturated rings. The third-order valence-corrected chi connectivity index (χ3v) is 21.8. The molecule has 4 aromatic rings. The third kappa shape index (κ3) is 10.9. The summed E-state index contributed by atoms with van der Waals surface area (Å²) in [6, 6.07) is 40.0. The fourth-order valence-corrected chi connectivity index (χ4v) is 13.7. The molecule has 4 aromatic carbocycles. The third-order valence-electron chi connectivity index (χ3n) is 12.3. The molecule has 4 atom stereocenters. The Morgan fingerprint density at radius 3 is 1.72 bits per heavy atom. The lowest BCUT2D eigenvalue weighted by atomic mass is 9.99. The first kappa shape index (κ1) is 46.7. The molecule has 0 aliphatic carbocycles. The maximum atomic E-state index is 15.5. The van der Waals surface area contributed by atoms with Crippen molar-refractivity contribution in [1.82, 2.24) is 4.90 Å². The van der Waals surface area contributed by atoms with Crippen LogP contribution in [-0.2, 0) is 36.1 Å². The number of carbonyl (C=O) groups is 2. The van der Waals surface area contributed by atoms with E-state index in [1.54, 1.807) is 0 Å². The Morgan fingerprint density at radius 2 is 1.23 bits per heavy atom. The van der Waals surface area contributed by atoms with Crippen LogP contribution in [0, 0.1) is 0 Å². The van der Waals surface area contributed by atoms with Crippen molar-refractivity contribution in [2.24, 2.45) is 0 Å². The summed E-state index contributed by atoms with van der Waals surface area (Å²) in [4.78, 5) is 30.6. The maximum Gasteiger partial charge on any atom is 0.417 e. The van der Waals surface area contributed by atoms with Gasteiger partial charge in [0.1, 0.15) is 12.7 Å². The number of rotatable bonds is 17. The first-order valence-electron chi connectivity index (χ1n) is 21.3. The first-order chi connectivity index (χ1) is 28.4. The predicted octanol–water partition coefficient (Wildman–Crippen LogP) is 10.8. The van der Waals surface area contributed by atoms with E-state index < -0.39 is 51.9 Å². The molecule has 2 amide bonds. The Morgan fingerprint density at radius 1 is 0.733 bits per heavy atom. The number of hydrogen-bond acceptors (Lipinski definition) is 6. The van der Waals surface area contributed by atoms with Gasteiger partial charge in [0.05, 0.1) is 18.8 Å². The van der Waals surface area contributed by atoms with Gasteiger partial charge in [0.25, 0.3) is 14.2 Å². The molecule has 1 aliphatic rings. The van der Waals surface area contributed by atoms with Crippen molar-refractivity contribution in [2.45, 2.75) is 129 Å². The van der Waals surface area contributed by atoms with Gasteiger partial charge in [0.15, 0.2) is 14.4 Å². The number of imide groups is 1. The quantitative estimate of drug-likeness (QED) is 0.0778. The fourth-order valence-electron chi connectivity index (χ4n) is 7.68. The molecule has 9 heteroatoms. The van der Waals surface area contributed by atoms with Gasteiger partial charge < -0.3 is 18.3 Å². The fraction of sp³-hybridized carbons (Fsp3) is 0.412. The number of hydrogen-bond donors (Lipinski definition) is 0. The summed E-state index contributed by atoms with van der Waals surface area (Å²) in [5.74, 6) is -0.483. The molecule has 1 heterocycles. The lowest BCUT2D eigenvalue weighted by molar-refractivity contribution is -0.148. The average molecular weight is 846 g/mol. The summed E-state index contributed by atoms with van der Waals surface area (Å²) in [5, 5.41) is 1.74. The molecular formula is C51H67NO6Si2. The van der Waals surface area contributed by atoms with Crippen molar-refractivity contribution in [1.29, 1.82) is 0 Å². The number of amides is 2. The van der Waals surface area contributed by atoms with Crippen LogP contribution in [0.15, 0.2) is 145 Å². The normalized spacial score (nSPS) is 17.3. The van der Waals surface area contributed by atoms with Gasteiger partial charge in [0.2, 0.25) is 0 Å². The second kappa shape index (κ2) is 20.0. The minimum Gasteiger partial charge on any atom is -0.447 e. The number of benzene rings is 4. The number of allylic oxidation sites excluding steroid dienone is 1. The van der Waals surface area contributed by atoms with Crippen molar-refractivity contribution in [3.63, 3.8) is 0 Å². The molecule has 5 rings (SSSR count). The lowest BCUT2D eigenvalue weighted by Crippen LogP contribution is -2.69. The van der Waals surface area contributed by atoms with Gasteiger partial charge in [-0.05, 0) is 89.4 Å². The molecule has 0 N–H and O–H groups in total. The highest BCUT2D eigenvalue weighted by molar-refractivity contribution is 6.99. The smallest absolute Gasteiger partial charge is 0.417 e. The zero-order valence-corrected chi connectivity index (χ0v) is 39.7. The Labute approximate surface area is 362 Å². The van der Waals surface area contributed by atoms with Crippen LogP contribution in [0.4, 0.5) is 4.79 Å². The van der Waals surface area contributed by atoms with Crippen LogP contribution in [0.1, 0.15) is 79.9 Å². The molecule has 60 heavy (non-hydrogen) atoms. The summed E-state index contributed by atoms with van der Waals surface area (Å²) in [5.41, 5.74) is 3.88. The highest BCUT2D eigenvalue weighted by Gasteiger charge is 2.54. The number of ether oxygens (including phenoxy) is 2. The molecular weight excluding hydrogens is 779 g/mol. The number of cyclic esters (lactones) is 1. The predicted molar refractivity (Wildman–Crippen MR) is 250 cm³/mol. The minimum atomic E-state index is -3.32. The van der Waals surface area contributed by atoms with E-state index in [2.05, 4.69) is 129 Å². The molecule has 0 spiro atoms. The van der Waals surface area contributed by atoms with Gasteiger partial charge in [-0.2, -0.15) is 0 Å². The van der Waals surface area contributed by atoms with Crippen molar-refractivity contribution in [3.05, 3.63) is 156 Å². The number of nitrogens with zero attached hydrogens (tertiary/aromatic N) is 1. The van der Waals surface area contributed by atoms with Gasteiger partial charge >= 0.3 is 6.09 Å². The molecule has 0 bridgehead atoms. The van der Waals surface area contributed by atoms with Crippen molar-refractivity contribution in [3.8, 4) is 0 Å². The summed E-state index contributed by atoms with van der Waals surface area (Å²) in [6.07, 6.45) is 2.34. The van der Waals surface area contributed by atoms with Crippen molar-refractivity contribution >= 4 is 39.0 Å². The Kier molecular flexibility index (Phi) is 15.6. The van der Waals surface area contributed by atoms with Gasteiger partial charge in [-0.15, -0.1) is 0 Å². The standard InChI is InChI=1S/C51H67NO6Si2/c1-12-38(2)45(57-59(10,11)50(4,5)6)34-33-39(3)46(58-60(51(7,8)9,43-29-21-15-22-30-43)44-31-23-16-24-32-44)47(55-36-41-27-19-14-20-28-41)48(53)52-42(37-56-49(52)54)35-40-25-17-13-18-26-40/h12-33,42,45-47H,34-37H2,1-11H3/t42?,45-,46-,47+/m1/s1. The van der Waals surface area contributed by atoms with E-state index in [0.717, 1.165) is 32.6 Å². The van der Waals surface area contributed by atoms with E-state index in [1.165, 1.54) is 4.90 Å². The van der Waals surface area contributed by atoms with Gasteiger partial charge in [-0.3, -0.25) is 4.79 Å². The average Bonchev–Trinajstić information content (AvgIpc) is 3.59. The lowest BCUT2D eigenvalue weighted by Gasteiger charge is -2.46. The van der Waals surface area contributed by atoms with E-state index in [0.29, 0.717) is 12.8 Å². The van der Waals surface area contributed by atoms with Crippen molar-refractivity contribution < 1.29 is 27.9 Å². The largest absolute Gasteiger partial charge is 0.447 e. The van der Waals surface area contributed by atoms with Gasteiger partial charge in [0, 0.05) is 0 Å². The van der Waals surface area contributed by atoms with E-state index in [1.807, 2.05) is 79.7 Å². The molecule has 7 nitrogen and oxygen atoms in total. The Hall–Kier alpha value is -4.39. The molecule has 1 unspecified atom stereocenters. The zero-order chi connectivity index (χ0) is 43.7. The molecule has 0 saturated carbocycles. The van der Waals surface area contributed by atoms with Crippen LogP contribution in [0.2, 0.25) is 23.2 Å². The van der Waals surface area contributed by atoms with Crippen LogP contribution in [0.25, 0.3) is 0 Å². The highest BCUT2D eigenvalue weighted by Crippen LogP contribution is 2.41. The summed E-state index contributed by atoms with van der Waals surface area (Å²) in [6.45, 7) is 24.4. The van der Waals surface area contributed by atoms with Crippen LogP contribution in [0.5, 0.6) is 0 Å². The second-order valence-electron chi connectivity index (χ2n) is 18.6. The molecule has 0 radical (unpaired) electrons. The number of carbonyl (C=O) groups excluding carboxylic acids is 2. The molecule has 1 aliphatic heterocycles. The maximum absolute atomic E-state index is 15.5.